The van der Waals surface area contributed by atoms with E-state index in [2.05, 4.69) is 5.32 Å². The van der Waals surface area contributed by atoms with Gasteiger partial charge in [0.15, 0.2) is 0 Å². The van der Waals surface area contributed by atoms with Crippen LogP contribution < -0.4 is 16.8 Å². The van der Waals surface area contributed by atoms with Gasteiger partial charge in [-0.05, 0) is 44.2 Å². The fourth-order valence-corrected chi connectivity index (χ4v) is 2.64. The average molecular weight is 292 g/mol. The second kappa shape index (κ2) is 6.09. The van der Waals surface area contributed by atoms with Crippen molar-refractivity contribution in [1.29, 1.82) is 0 Å². The predicted molar refractivity (Wildman–Crippen MR) is 79.9 cm³/mol. The van der Waals surface area contributed by atoms with E-state index >= 15 is 0 Å². The van der Waals surface area contributed by atoms with Gasteiger partial charge in [0.05, 0.1) is 10.5 Å². The van der Waals surface area contributed by atoms with E-state index in [4.69, 9.17) is 11.5 Å². The number of benzene rings is 1. The van der Waals surface area contributed by atoms with Gasteiger partial charge in [0.1, 0.15) is 5.69 Å². The Balaban J connectivity index is 2.17. The third-order valence-corrected chi connectivity index (χ3v) is 3.85. The highest BCUT2D eigenvalue weighted by Crippen LogP contribution is 2.27. The third-order valence-electron chi connectivity index (χ3n) is 3.85. The quantitative estimate of drug-likeness (QED) is 0.442. The number of carbonyl (C=O) groups is 1. The van der Waals surface area contributed by atoms with Gasteiger partial charge in [-0.15, -0.1) is 0 Å². The minimum Gasteiger partial charge on any atom is -0.393 e. The summed E-state index contributed by atoms with van der Waals surface area (Å²) in [5, 5.41) is 13.8. The molecule has 0 saturated heterocycles. The largest absolute Gasteiger partial charge is 0.393 e. The van der Waals surface area contributed by atoms with Crippen molar-refractivity contribution >= 4 is 17.3 Å². The number of nitrogens with one attached hydrogen (secondary N) is 1. The number of nitrogens with two attached hydrogens (primary N) is 2. The molecule has 0 unspecified atom stereocenters. The lowest BCUT2D eigenvalue weighted by Gasteiger charge is -2.27. The summed E-state index contributed by atoms with van der Waals surface area (Å²) in [5.74, 6) is -0.361. The normalized spacial score (nSPS) is 21.8. The maximum Gasteiger partial charge on any atom is 0.293 e. The van der Waals surface area contributed by atoms with Gasteiger partial charge in [-0.2, -0.15) is 0 Å². The maximum atomic E-state index is 12.3. The molecule has 1 aromatic carbocycles. The molecule has 0 radical (unpaired) electrons. The number of amides is 1. The zero-order valence-corrected chi connectivity index (χ0v) is 12.0. The highest BCUT2D eigenvalue weighted by molar-refractivity contribution is 6.01. The molecule has 0 heterocycles. The molecule has 2 rings (SSSR count). The van der Waals surface area contributed by atoms with Crippen LogP contribution in [-0.4, -0.2) is 22.9 Å². The molecule has 1 fully saturated rings. The molecule has 0 spiro atoms. The summed E-state index contributed by atoms with van der Waals surface area (Å²) in [6.07, 6.45) is 3.38. The first-order chi connectivity index (χ1) is 9.88. The van der Waals surface area contributed by atoms with Crippen molar-refractivity contribution in [2.24, 2.45) is 5.73 Å². The number of carbonyl (C=O) groups excluding carboxylic acids is 1. The summed E-state index contributed by atoms with van der Waals surface area (Å²) in [7, 11) is 0. The lowest BCUT2D eigenvalue weighted by atomic mass is 9.91. The Kier molecular flexibility index (Phi) is 4.42. The molecular formula is C14H20N4O3. The van der Waals surface area contributed by atoms with Crippen LogP contribution in [0.1, 0.15) is 41.6 Å². The second-order valence-electron chi connectivity index (χ2n) is 5.59. The third kappa shape index (κ3) is 3.49. The molecule has 5 N–H and O–H groups in total. The Morgan fingerprint density at radius 2 is 1.95 bits per heavy atom. The lowest BCUT2D eigenvalue weighted by molar-refractivity contribution is -0.384. The number of hydrogen-bond donors (Lipinski definition) is 3. The van der Waals surface area contributed by atoms with Crippen molar-refractivity contribution < 1.29 is 9.72 Å². The highest BCUT2D eigenvalue weighted by Gasteiger charge is 2.24. The Morgan fingerprint density at radius 3 is 2.52 bits per heavy atom. The van der Waals surface area contributed by atoms with Gasteiger partial charge >= 0.3 is 0 Å². The standard InChI is InChI=1S/C14H20N4O3/c1-8-6-11(13(16)12(7-8)18(20)21)14(19)17-10-4-2-9(15)3-5-10/h6-7,9-10H,2-5,15-16H2,1H3,(H,17,19). The van der Waals surface area contributed by atoms with Crippen molar-refractivity contribution in [2.75, 3.05) is 5.73 Å². The van der Waals surface area contributed by atoms with Crippen LogP contribution >= 0.6 is 0 Å². The Bertz CT molecular complexity index is 566. The maximum absolute atomic E-state index is 12.3. The summed E-state index contributed by atoms with van der Waals surface area (Å²) in [6, 6.07) is 3.19. The van der Waals surface area contributed by atoms with Crippen LogP contribution in [0.25, 0.3) is 0 Å². The van der Waals surface area contributed by atoms with Crippen LogP contribution in [0, 0.1) is 17.0 Å². The van der Waals surface area contributed by atoms with E-state index in [0.29, 0.717) is 5.56 Å². The first-order valence-corrected chi connectivity index (χ1v) is 6.99. The van der Waals surface area contributed by atoms with E-state index in [0.717, 1.165) is 25.7 Å². The molecule has 1 aliphatic rings. The SMILES string of the molecule is Cc1cc(C(=O)NC2CCC(N)CC2)c(N)c([N+](=O)[O-])c1. The Hall–Kier alpha value is -2.15. The van der Waals surface area contributed by atoms with Crippen molar-refractivity contribution in [1.82, 2.24) is 5.32 Å². The molecule has 21 heavy (non-hydrogen) atoms. The van der Waals surface area contributed by atoms with Crippen LogP contribution in [-0.2, 0) is 0 Å². The number of nitro groups is 1. The van der Waals surface area contributed by atoms with Crippen molar-refractivity contribution in [3.8, 4) is 0 Å². The molecule has 1 amide bonds. The number of nitrogen functional groups attached to an aromatic ring is 1. The molecule has 1 aromatic rings. The number of hydrogen-bond acceptors (Lipinski definition) is 5. The monoisotopic (exact) mass is 292 g/mol. The van der Waals surface area contributed by atoms with Gasteiger partial charge in [-0.3, -0.25) is 14.9 Å². The molecule has 114 valence electrons. The second-order valence-corrected chi connectivity index (χ2v) is 5.59. The van der Waals surface area contributed by atoms with Gasteiger partial charge in [0.25, 0.3) is 11.6 Å². The first-order valence-electron chi connectivity index (χ1n) is 6.99. The van der Waals surface area contributed by atoms with Crippen LogP contribution in [0.4, 0.5) is 11.4 Å². The van der Waals surface area contributed by atoms with E-state index < -0.39 is 4.92 Å². The van der Waals surface area contributed by atoms with Gasteiger partial charge in [0, 0.05) is 18.2 Å². The molecule has 0 bridgehead atoms. The predicted octanol–water partition coefficient (Wildman–Crippen LogP) is 1.49. The van der Waals surface area contributed by atoms with Crippen molar-refractivity contribution in [2.45, 2.75) is 44.7 Å². The average Bonchev–Trinajstić information content (AvgIpc) is 2.43. The van der Waals surface area contributed by atoms with Crippen LogP contribution in [0.5, 0.6) is 0 Å². The van der Waals surface area contributed by atoms with Crippen LogP contribution in [0.15, 0.2) is 12.1 Å². The summed E-state index contributed by atoms with van der Waals surface area (Å²) < 4.78 is 0. The van der Waals surface area contributed by atoms with Crippen molar-refractivity contribution in [3.63, 3.8) is 0 Å². The molecule has 7 heteroatoms. The number of anilines is 1. The summed E-state index contributed by atoms with van der Waals surface area (Å²) in [4.78, 5) is 22.7. The summed E-state index contributed by atoms with van der Waals surface area (Å²) in [5.41, 5.74) is 12.1. The minimum absolute atomic E-state index is 0.0521. The Labute approximate surface area is 122 Å². The number of nitrogens with zero attached hydrogens (tertiary/aromatic N) is 1. The molecule has 1 aliphatic carbocycles. The number of aryl methyl sites for hydroxylation is 1. The minimum atomic E-state index is -0.571. The molecule has 0 atom stereocenters. The zero-order chi connectivity index (χ0) is 15.6. The van der Waals surface area contributed by atoms with Gasteiger partial charge in [0.2, 0.25) is 0 Å². The number of rotatable bonds is 3. The van der Waals surface area contributed by atoms with Gasteiger partial charge in [-0.25, -0.2) is 0 Å². The molecule has 0 aliphatic heterocycles. The summed E-state index contributed by atoms with van der Waals surface area (Å²) >= 11 is 0. The molecule has 0 aromatic heterocycles. The van der Waals surface area contributed by atoms with Crippen LogP contribution in [0.3, 0.4) is 0 Å². The zero-order valence-electron chi connectivity index (χ0n) is 12.0. The fourth-order valence-electron chi connectivity index (χ4n) is 2.64. The lowest BCUT2D eigenvalue weighted by Crippen LogP contribution is -2.40. The van der Waals surface area contributed by atoms with Crippen molar-refractivity contribution in [3.05, 3.63) is 33.4 Å². The van der Waals surface area contributed by atoms with E-state index in [1.54, 1.807) is 13.0 Å². The summed E-state index contributed by atoms with van der Waals surface area (Å²) in [6.45, 7) is 1.70. The molecule has 7 nitrogen and oxygen atoms in total. The molecular weight excluding hydrogens is 272 g/mol. The van der Waals surface area contributed by atoms with E-state index in [9.17, 15) is 14.9 Å². The Morgan fingerprint density at radius 1 is 1.33 bits per heavy atom. The molecule has 1 saturated carbocycles. The van der Waals surface area contributed by atoms with Gasteiger partial charge < -0.3 is 16.8 Å². The number of nitro benzene ring substituents is 1. The van der Waals surface area contributed by atoms with Gasteiger partial charge in [-0.1, -0.05) is 0 Å². The van der Waals surface area contributed by atoms with E-state index in [-0.39, 0.29) is 34.9 Å². The highest BCUT2D eigenvalue weighted by atomic mass is 16.6. The van der Waals surface area contributed by atoms with E-state index in [1.165, 1.54) is 6.07 Å². The topological polar surface area (TPSA) is 124 Å². The van der Waals surface area contributed by atoms with E-state index in [1.807, 2.05) is 0 Å². The first kappa shape index (κ1) is 15.2. The van der Waals surface area contributed by atoms with Crippen LogP contribution in [0.2, 0.25) is 0 Å². The smallest absolute Gasteiger partial charge is 0.293 e. The fraction of sp³-hybridized carbons (Fsp3) is 0.500.